The highest BCUT2D eigenvalue weighted by atomic mass is 35.5. The number of nitriles is 1. The van der Waals surface area contributed by atoms with Crippen LogP contribution in [-0.4, -0.2) is 4.98 Å². The number of aromatic nitrogens is 1. The van der Waals surface area contributed by atoms with Gasteiger partial charge in [-0.05, 0) is 46.5 Å². The molecule has 0 amide bonds. The van der Waals surface area contributed by atoms with Crippen molar-refractivity contribution in [1.82, 2.24) is 10.3 Å². The highest BCUT2D eigenvalue weighted by molar-refractivity contribution is 7.12. The summed E-state index contributed by atoms with van der Waals surface area (Å²) in [4.78, 5) is 4.03. The Balaban J connectivity index is 1.36. The Bertz CT molecular complexity index is 1230. The molecule has 4 rings (SSSR count). The van der Waals surface area contributed by atoms with Crippen molar-refractivity contribution in [2.24, 2.45) is 0 Å². The third-order valence-corrected chi connectivity index (χ3v) is 6.53. The number of benzene rings is 2. The molecule has 0 fully saturated rings. The molecule has 0 unspecified atom stereocenters. The molecule has 0 bridgehead atoms. The second kappa shape index (κ2) is 10.6. The number of nitrogens with one attached hydrogen (secondary N) is 1. The van der Waals surface area contributed by atoms with E-state index in [0.29, 0.717) is 27.3 Å². The van der Waals surface area contributed by atoms with Gasteiger partial charge in [-0.2, -0.15) is 5.26 Å². The Kier molecular flexibility index (Phi) is 7.41. The predicted molar refractivity (Wildman–Crippen MR) is 130 cm³/mol. The average Bonchev–Trinajstić information content (AvgIpc) is 3.24. The van der Waals surface area contributed by atoms with Crippen LogP contribution in [0.1, 0.15) is 22.3 Å². The second-order valence-corrected chi connectivity index (χ2v) is 8.77. The number of thiophene rings is 1. The van der Waals surface area contributed by atoms with Gasteiger partial charge in [-0.1, -0.05) is 53.5 Å². The van der Waals surface area contributed by atoms with Gasteiger partial charge >= 0.3 is 0 Å². The second-order valence-electron chi connectivity index (χ2n) is 7.12. The van der Waals surface area contributed by atoms with E-state index in [4.69, 9.17) is 27.9 Å². The summed E-state index contributed by atoms with van der Waals surface area (Å²) in [6.07, 6.45) is 3.59. The van der Waals surface area contributed by atoms with E-state index in [1.807, 2.05) is 35.7 Å². The molecule has 4 nitrogen and oxygen atoms in total. The van der Waals surface area contributed by atoms with Gasteiger partial charge in [0.15, 0.2) is 5.06 Å². The third-order valence-electron chi connectivity index (χ3n) is 4.90. The molecule has 0 aliphatic carbocycles. The minimum Gasteiger partial charge on any atom is -0.478 e. The van der Waals surface area contributed by atoms with Crippen LogP contribution in [-0.2, 0) is 19.7 Å². The lowest BCUT2D eigenvalue weighted by Crippen LogP contribution is -2.12. The Hall–Kier alpha value is -2.88. The first-order valence-corrected chi connectivity index (χ1v) is 11.5. The Labute approximate surface area is 201 Å². The lowest BCUT2D eigenvalue weighted by atomic mass is 10.1. The molecule has 0 radical (unpaired) electrons. The van der Waals surface area contributed by atoms with Crippen LogP contribution in [0.4, 0.5) is 0 Å². The standard InChI is InChI=1S/C25H19Cl2N3OS/c26-23-6-5-20(11-24(23)27)22-16-32-25(21(22)12-28)31-15-19-3-1-17(2-4-19)13-30-14-18-7-9-29-10-8-18/h1-11,16,30H,13-15H2. The molecule has 0 saturated heterocycles. The van der Waals surface area contributed by atoms with Crippen LogP contribution in [0.3, 0.4) is 0 Å². The fraction of sp³-hybridized carbons (Fsp3) is 0.120. The molecule has 160 valence electrons. The predicted octanol–water partition coefficient (Wildman–Crippen LogP) is 6.86. The van der Waals surface area contributed by atoms with Crippen molar-refractivity contribution in [1.29, 1.82) is 5.26 Å². The first-order valence-electron chi connectivity index (χ1n) is 9.91. The Morgan fingerprint density at radius 1 is 0.906 bits per heavy atom. The number of hydrogen-bond donors (Lipinski definition) is 1. The highest BCUT2D eigenvalue weighted by Crippen LogP contribution is 2.38. The molecule has 0 aliphatic rings. The summed E-state index contributed by atoms with van der Waals surface area (Å²) in [6.45, 7) is 1.96. The maximum atomic E-state index is 9.68. The van der Waals surface area contributed by atoms with E-state index in [1.54, 1.807) is 24.5 Å². The van der Waals surface area contributed by atoms with E-state index < -0.39 is 0 Å². The minimum atomic E-state index is 0.390. The topological polar surface area (TPSA) is 57.9 Å². The summed E-state index contributed by atoms with van der Waals surface area (Å²) in [7, 11) is 0. The van der Waals surface area contributed by atoms with Crippen molar-refractivity contribution in [3.8, 4) is 22.3 Å². The molecule has 2 heterocycles. The number of ether oxygens (including phenoxy) is 1. The van der Waals surface area contributed by atoms with E-state index in [-0.39, 0.29) is 0 Å². The summed E-state index contributed by atoms with van der Waals surface area (Å²) in [5.74, 6) is 0. The van der Waals surface area contributed by atoms with Crippen molar-refractivity contribution in [2.75, 3.05) is 0 Å². The van der Waals surface area contributed by atoms with Crippen LogP contribution >= 0.6 is 34.5 Å². The zero-order valence-corrected chi connectivity index (χ0v) is 19.3. The molecule has 7 heteroatoms. The maximum absolute atomic E-state index is 9.68. The molecule has 0 saturated carbocycles. The number of rotatable bonds is 8. The van der Waals surface area contributed by atoms with Gasteiger partial charge in [0.1, 0.15) is 18.2 Å². The van der Waals surface area contributed by atoms with Crippen LogP contribution in [0.2, 0.25) is 10.0 Å². The van der Waals surface area contributed by atoms with E-state index in [0.717, 1.165) is 29.8 Å². The van der Waals surface area contributed by atoms with Gasteiger partial charge in [-0.3, -0.25) is 4.98 Å². The van der Waals surface area contributed by atoms with Crippen LogP contribution in [0.25, 0.3) is 11.1 Å². The molecular weight excluding hydrogens is 461 g/mol. The van der Waals surface area contributed by atoms with Gasteiger partial charge in [0, 0.05) is 36.4 Å². The summed E-state index contributed by atoms with van der Waals surface area (Å²) < 4.78 is 5.96. The van der Waals surface area contributed by atoms with E-state index in [9.17, 15) is 5.26 Å². The normalized spacial score (nSPS) is 10.7. The SMILES string of the molecule is N#Cc1c(-c2ccc(Cl)c(Cl)c2)csc1OCc1ccc(CNCc2ccncc2)cc1. The van der Waals surface area contributed by atoms with Gasteiger partial charge < -0.3 is 10.1 Å². The Morgan fingerprint density at radius 2 is 1.59 bits per heavy atom. The van der Waals surface area contributed by atoms with Gasteiger partial charge in [0.25, 0.3) is 0 Å². The van der Waals surface area contributed by atoms with Crippen LogP contribution in [0.15, 0.2) is 72.4 Å². The quantitative estimate of drug-likeness (QED) is 0.299. The van der Waals surface area contributed by atoms with E-state index in [2.05, 4.69) is 28.5 Å². The average molecular weight is 480 g/mol. The molecule has 2 aromatic heterocycles. The molecule has 0 atom stereocenters. The third kappa shape index (κ3) is 5.48. The van der Waals surface area contributed by atoms with Gasteiger partial charge in [0.05, 0.1) is 10.0 Å². The summed E-state index contributed by atoms with van der Waals surface area (Å²) in [5.41, 5.74) is 5.57. The molecule has 32 heavy (non-hydrogen) atoms. The fourth-order valence-electron chi connectivity index (χ4n) is 3.18. The van der Waals surface area contributed by atoms with Crippen molar-refractivity contribution >= 4 is 34.5 Å². The van der Waals surface area contributed by atoms with Crippen molar-refractivity contribution in [2.45, 2.75) is 19.7 Å². The number of nitrogens with zero attached hydrogens (tertiary/aromatic N) is 2. The molecule has 1 N–H and O–H groups in total. The Morgan fingerprint density at radius 3 is 2.28 bits per heavy atom. The lowest BCUT2D eigenvalue weighted by molar-refractivity contribution is 0.315. The molecular formula is C25H19Cl2N3OS. The lowest BCUT2D eigenvalue weighted by Gasteiger charge is -2.08. The van der Waals surface area contributed by atoms with Crippen LogP contribution in [0.5, 0.6) is 5.06 Å². The monoisotopic (exact) mass is 479 g/mol. The highest BCUT2D eigenvalue weighted by Gasteiger charge is 2.15. The van der Waals surface area contributed by atoms with Crippen LogP contribution in [0, 0.1) is 11.3 Å². The number of hydrogen-bond acceptors (Lipinski definition) is 5. The zero-order valence-electron chi connectivity index (χ0n) is 17.0. The van der Waals surface area contributed by atoms with Crippen molar-refractivity contribution < 1.29 is 4.74 Å². The van der Waals surface area contributed by atoms with Gasteiger partial charge in [-0.25, -0.2) is 0 Å². The summed E-state index contributed by atoms with van der Waals surface area (Å²) >= 11 is 13.5. The molecule has 0 spiro atoms. The van der Waals surface area contributed by atoms with E-state index in [1.165, 1.54) is 22.5 Å². The molecule has 0 aliphatic heterocycles. The molecule has 4 aromatic rings. The minimum absolute atomic E-state index is 0.390. The zero-order chi connectivity index (χ0) is 22.3. The smallest absolute Gasteiger partial charge is 0.192 e. The fourth-order valence-corrected chi connectivity index (χ4v) is 4.36. The van der Waals surface area contributed by atoms with Gasteiger partial charge in [0.2, 0.25) is 0 Å². The summed E-state index contributed by atoms with van der Waals surface area (Å²) in [5, 5.41) is 16.5. The van der Waals surface area contributed by atoms with Crippen LogP contribution < -0.4 is 10.1 Å². The van der Waals surface area contributed by atoms with Crippen molar-refractivity contribution in [3.05, 3.63) is 105 Å². The summed E-state index contributed by atoms with van der Waals surface area (Å²) in [6, 6.07) is 19.9. The van der Waals surface area contributed by atoms with E-state index >= 15 is 0 Å². The number of halogens is 2. The largest absolute Gasteiger partial charge is 0.478 e. The molecule has 2 aromatic carbocycles. The van der Waals surface area contributed by atoms with Gasteiger partial charge in [-0.15, -0.1) is 11.3 Å². The number of pyridine rings is 1. The first-order chi connectivity index (χ1) is 15.6. The first kappa shape index (κ1) is 22.3. The maximum Gasteiger partial charge on any atom is 0.192 e. The van der Waals surface area contributed by atoms with Crippen molar-refractivity contribution in [3.63, 3.8) is 0 Å².